The number of rotatable bonds is 13. The van der Waals surface area contributed by atoms with E-state index in [2.05, 4.69) is 6.92 Å². The number of ether oxygens (including phenoxy) is 1. The molecule has 0 heterocycles. The second-order valence-electron chi connectivity index (χ2n) is 5.62. The summed E-state index contributed by atoms with van der Waals surface area (Å²) in [4.78, 5) is 11.3. The van der Waals surface area contributed by atoms with Crippen molar-refractivity contribution in [3.05, 3.63) is 0 Å². The van der Waals surface area contributed by atoms with Crippen molar-refractivity contribution < 1.29 is 14.6 Å². The van der Waals surface area contributed by atoms with Gasteiger partial charge in [-0.2, -0.15) is 0 Å². The summed E-state index contributed by atoms with van der Waals surface area (Å²) in [5, 5.41) is 9.14. The van der Waals surface area contributed by atoms with Crippen LogP contribution in [0.2, 0.25) is 0 Å². The summed E-state index contributed by atoms with van der Waals surface area (Å²) in [6.07, 6.45) is 11.7. The topological polar surface area (TPSA) is 72.5 Å². The van der Waals surface area contributed by atoms with Gasteiger partial charge in [-0.3, -0.25) is 4.79 Å². The Morgan fingerprint density at radius 1 is 1.00 bits per heavy atom. The number of aliphatic hydroxyl groups excluding tert-OH is 1. The molecule has 0 aliphatic heterocycles. The molecule has 0 aliphatic carbocycles. The van der Waals surface area contributed by atoms with Crippen molar-refractivity contribution in [1.29, 1.82) is 0 Å². The standard InChI is InChI=1S/C16H33NO3.Na.H/c1-3-4-5-6-7-8-9-10-11-12-13-20-16(19)15(17)14(2)18;;/h14-15,18H,3-13,17H2,1-2H3;;/t14-,15+;;/m1../s1. The van der Waals surface area contributed by atoms with E-state index in [-0.39, 0.29) is 29.6 Å². The molecule has 4 nitrogen and oxygen atoms in total. The van der Waals surface area contributed by atoms with E-state index in [9.17, 15) is 4.79 Å². The van der Waals surface area contributed by atoms with E-state index in [4.69, 9.17) is 15.6 Å². The van der Waals surface area contributed by atoms with Gasteiger partial charge in [-0.15, -0.1) is 0 Å². The number of unbranched alkanes of at least 4 members (excludes halogenated alkanes) is 9. The Morgan fingerprint density at radius 3 is 1.86 bits per heavy atom. The second kappa shape index (κ2) is 16.8. The molecule has 0 spiro atoms. The van der Waals surface area contributed by atoms with Crippen LogP contribution in [0.5, 0.6) is 0 Å². The molecule has 2 atom stereocenters. The van der Waals surface area contributed by atoms with Crippen LogP contribution in [0, 0.1) is 0 Å². The Balaban J connectivity index is 0. The van der Waals surface area contributed by atoms with Crippen molar-refractivity contribution >= 4 is 35.5 Å². The van der Waals surface area contributed by atoms with Crippen LogP contribution in [-0.2, 0) is 9.53 Å². The van der Waals surface area contributed by atoms with E-state index in [0.29, 0.717) is 6.61 Å². The SMILES string of the molecule is CCCCCCCCCCCCOC(=O)[C@@H](N)[C@@H](C)O.[NaH]. The van der Waals surface area contributed by atoms with E-state index in [1.165, 1.54) is 58.3 Å². The molecule has 21 heavy (non-hydrogen) atoms. The molecule has 0 unspecified atom stereocenters. The zero-order valence-electron chi connectivity index (χ0n) is 13.3. The van der Waals surface area contributed by atoms with Gasteiger partial charge in [0.25, 0.3) is 0 Å². The first-order chi connectivity index (χ1) is 9.59. The van der Waals surface area contributed by atoms with Gasteiger partial charge >= 0.3 is 35.5 Å². The van der Waals surface area contributed by atoms with E-state index >= 15 is 0 Å². The average molecular weight is 311 g/mol. The van der Waals surface area contributed by atoms with Gasteiger partial charge < -0.3 is 15.6 Å². The number of carbonyl (C=O) groups is 1. The van der Waals surface area contributed by atoms with Crippen LogP contribution in [0.25, 0.3) is 0 Å². The third-order valence-electron chi connectivity index (χ3n) is 3.53. The molecular weight excluding hydrogens is 277 g/mol. The maximum atomic E-state index is 11.3. The van der Waals surface area contributed by atoms with Gasteiger partial charge in [-0.05, 0) is 13.3 Å². The summed E-state index contributed by atoms with van der Waals surface area (Å²) in [7, 11) is 0. The van der Waals surface area contributed by atoms with E-state index in [0.717, 1.165) is 12.8 Å². The zero-order valence-corrected chi connectivity index (χ0v) is 13.3. The van der Waals surface area contributed by atoms with Crippen LogP contribution in [0.1, 0.15) is 78.1 Å². The summed E-state index contributed by atoms with van der Waals surface area (Å²) in [6, 6.07) is -0.918. The molecular formula is C16H34NNaO3. The number of carbonyl (C=O) groups excluding carboxylic acids is 1. The molecule has 0 bridgehead atoms. The van der Waals surface area contributed by atoms with Crippen LogP contribution in [-0.4, -0.2) is 59.4 Å². The Morgan fingerprint density at radius 2 is 1.43 bits per heavy atom. The molecule has 0 aromatic rings. The molecule has 0 fully saturated rings. The van der Waals surface area contributed by atoms with Crippen LogP contribution < -0.4 is 5.73 Å². The quantitative estimate of drug-likeness (QED) is 0.311. The molecule has 122 valence electrons. The van der Waals surface area contributed by atoms with Crippen LogP contribution in [0.15, 0.2) is 0 Å². The van der Waals surface area contributed by atoms with Gasteiger partial charge in [-0.25, -0.2) is 0 Å². The van der Waals surface area contributed by atoms with Crippen molar-refractivity contribution in [2.75, 3.05) is 6.61 Å². The van der Waals surface area contributed by atoms with E-state index in [1.54, 1.807) is 0 Å². The average Bonchev–Trinajstić information content (AvgIpc) is 2.43. The molecule has 0 aromatic heterocycles. The summed E-state index contributed by atoms with van der Waals surface area (Å²) in [5.74, 6) is -0.504. The first-order valence-electron chi connectivity index (χ1n) is 8.19. The molecule has 0 aliphatic rings. The maximum absolute atomic E-state index is 11.3. The predicted molar refractivity (Wildman–Crippen MR) is 89.6 cm³/mol. The zero-order chi connectivity index (χ0) is 15.2. The van der Waals surface area contributed by atoms with Crippen LogP contribution >= 0.6 is 0 Å². The Labute approximate surface area is 152 Å². The molecule has 3 N–H and O–H groups in total. The number of nitrogens with two attached hydrogens (primary N) is 1. The molecule has 0 radical (unpaired) electrons. The van der Waals surface area contributed by atoms with Crippen molar-refractivity contribution in [2.24, 2.45) is 5.73 Å². The third-order valence-corrected chi connectivity index (χ3v) is 3.53. The number of aliphatic hydroxyl groups is 1. The van der Waals surface area contributed by atoms with Crippen LogP contribution in [0.4, 0.5) is 0 Å². The first kappa shape index (κ1) is 23.7. The van der Waals surface area contributed by atoms with Crippen molar-refractivity contribution in [2.45, 2.75) is 90.2 Å². The predicted octanol–water partition coefficient (Wildman–Crippen LogP) is 2.51. The summed E-state index contributed by atoms with van der Waals surface area (Å²) >= 11 is 0. The fraction of sp³-hybridized carbons (Fsp3) is 0.938. The van der Waals surface area contributed by atoms with Gasteiger partial charge in [0, 0.05) is 0 Å². The normalized spacial score (nSPS) is 13.3. The van der Waals surface area contributed by atoms with E-state index < -0.39 is 18.1 Å². The monoisotopic (exact) mass is 311 g/mol. The Hall–Kier alpha value is 0.390. The molecule has 0 saturated carbocycles. The van der Waals surface area contributed by atoms with Gasteiger partial charge in [0.1, 0.15) is 6.04 Å². The fourth-order valence-electron chi connectivity index (χ4n) is 2.06. The number of esters is 1. The van der Waals surface area contributed by atoms with Crippen molar-refractivity contribution in [3.63, 3.8) is 0 Å². The van der Waals surface area contributed by atoms with Gasteiger partial charge in [0.2, 0.25) is 0 Å². The summed E-state index contributed by atoms with van der Waals surface area (Å²) in [5.41, 5.74) is 5.47. The second-order valence-corrected chi connectivity index (χ2v) is 5.62. The third kappa shape index (κ3) is 15.1. The molecule has 5 heteroatoms. The first-order valence-corrected chi connectivity index (χ1v) is 8.19. The number of hydrogen-bond acceptors (Lipinski definition) is 4. The summed E-state index contributed by atoms with van der Waals surface area (Å²) < 4.78 is 5.01. The minimum absolute atomic E-state index is 0. The van der Waals surface area contributed by atoms with Gasteiger partial charge in [-0.1, -0.05) is 64.7 Å². The van der Waals surface area contributed by atoms with Gasteiger partial charge in [0.05, 0.1) is 12.7 Å². The minimum atomic E-state index is -0.918. The fourth-order valence-corrected chi connectivity index (χ4v) is 2.06. The summed E-state index contributed by atoms with van der Waals surface area (Å²) in [6.45, 7) is 4.14. The molecule has 0 amide bonds. The van der Waals surface area contributed by atoms with Crippen molar-refractivity contribution in [3.8, 4) is 0 Å². The molecule has 0 rings (SSSR count). The van der Waals surface area contributed by atoms with Crippen LogP contribution in [0.3, 0.4) is 0 Å². The number of hydrogen-bond donors (Lipinski definition) is 2. The van der Waals surface area contributed by atoms with Crippen molar-refractivity contribution in [1.82, 2.24) is 0 Å². The molecule has 0 aromatic carbocycles. The Bertz CT molecular complexity index is 238. The molecule has 0 saturated heterocycles. The van der Waals surface area contributed by atoms with E-state index in [1.807, 2.05) is 0 Å². The Kier molecular flexibility index (Phi) is 18.9. The van der Waals surface area contributed by atoms with Gasteiger partial charge in [0.15, 0.2) is 0 Å².